The number of hydrogen-bond acceptors (Lipinski definition) is 1. The fourth-order valence-corrected chi connectivity index (χ4v) is 3.37. The second-order valence-electron chi connectivity index (χ2n) is 4.92. The van der Waals surface area contributed by atoms with Crippen LogP contribution < -0.4 is 0 Å². The number of aryl methyl sites for hydroxylation is 1. The van der Waals surface area contributed by atoms with E-state index in [2.05, 4.69) is 22.9 Å². The summed E-state index contributed by atoms with van der Waals surface area (Å²) in [5, 5.41) is 0. The van der Waals surface area contributed by atoms with Gasteiger partial charge in [-0.1, -0.05) is 19.1 Å². The highest BCUT2D eigenvalue weighted by molar-refractivity contribution is 9.10. The average molecular weight is 331 g/mol. The Balaban J connectivity index is 2.29. The largest absolute Gasteiger partial charge is 0.334 e. The normalized spacial score (nSPS) is 23.4. The van der Waals surface area contributed by atoms with Gasteiger partial charge in [0, 0.05) is 22.9 Å². The maximum atomic E-state index is 12.6. The van der Waals surface area contributed by atoms with Gasteiger partial charge in [-0.2, -0.15) is 0 Å². The van der Waals surface area contributed by atoms with Crippen molar-refractivity contribution in [2.75, 3.05) is 12.4 Å². The summed E-state index contributed by atoms with van der Waals surface area (Å²) in [5.41, 5.74) is 1.81. The van der Waals surface area contributed by atoms with Gasteiger partial charge in [0.1, 0.15) is 0 Å². The average Bonchev–Trinajstić information content (AvgIpc) is 2.73. The number of hydrogen-bond donors (Lipinski definition) is 0. The van der Waals surface area contributed by atoms with Gasteiger partial charge < -0.3 is 4.90 Å². The Labute approximate surface area is 121 Å². The van der Waals surface area contributed by atoms with Crippen molar-refractivity contribution >= 4 is 33.4 Å². The Bertz CT molecular complexity index is 463. The first-order valence-corrected chi connectivity index (χ1v) is 7.51. The smallest absolute Gasteiger partial charge is 0.255 e. The minimum Gasteiger partial charge on any atom is -0.334 e. The quantitative estimate of drug-likeness (QED) is 0.754. The minimum absolute atomic E-state index is 0.0839. The molecule has 2 atom stereocenters. The Kier molecular flexibility index (Phi) is 4.33. The van der Waals surface area contributed by atoms with Crippen molar-refractivity contribution in [3.63, 3.8) is 0 Å². The molecule has 4 heteroatoms. The molecule has 98 valence electrons. The lowest BCUT2D eigenvalue weighted by Gasteiger charge is -2.25. The molecule has 0 bridgehead atoms. The van der Waals surface area contributed by atoms with Crippen LogP contribution in [0.2, 0.25) is 0 Å². The van der Waals surface area contributed by atoms with E-state index >= 15 is 0 Å². The lowest BCUT2D eigenvalue weighted by Crippen LogP contribution is -2.38. The number of halogens is 2. The molecule has 1 aliphatic rings. The molecule has 2 rings (SSSR count). The summed E-state index contributed by atoms with van der Waals surface area (Å²) >= 11 is 9.50. The SMILES string of the molecule is Cc1cccc(C(=O)N2CCC(C)C2CCl)c1Br. The highest BCUT2D eigenvalue weighted by Gasteiger charge is 2.34. The summed E-state index contributed by atoms with van der Waals surface area (Å²) in [6.07, 6.45) is 1.03. The fourth-order valence-electron chi connectivity index (χ4n) is 2.46. The van der Waals surface area contributed by atoms with Crippen LogP contribution in [0.1, 0.15) is 29.3 Å². The zero-order valence-corrected chi connectivity index (χ0v) is 13.0. The summed E-state index contributed by atoms with van der Waals surface area (Å²) in [4.78, 5) is 14.5. The molecule has 0 aromatic heterocycles. The molecule has 1 heterocycles. The Morgan fingerprint density at radius 2 is 2.28 bits per heavy atom. The van der Waals surface area contributed by atoms with Crippen LogP contribution in [0.4, 0.5) is 0 Å². The number of alkyl halides is 1. The van der Waals surface area contributed by atoms with Crippen LogP contribution in [0.25, 0.3) is 0 Å². The van der Waals surface area contributed by atoms with Gasteiger partial charge in [0.05, 0.1) is 5.56 Å². The molecule has 2 unspecified atom stereocenters. The lowest BCUT2D eigenvalue weighted by atomic mass is 10.0. The third kappa shape index (κ3) is 2.43. The van der Waals surface area contributed by atoms with Gasteiger partial charge in [0.15, 0.2) is 0 Å². The van der Waals surface area contributed by atoms with E-state index in [1.165, 1.54) is 0 Å². The predicted molar refractivity (Wildman–Crippen MR) is 78.2 cm³/mol. The van der Waals surface area contributed by atoms with E-state index in [-0.39, 0.29) is 11.9 Å². The first-order valence-electron chi connectivity index (χ1n) is 6.18. The Morgan fingerprint density at radius 3 is 2.94 bits per heavy atom. The van der Waals surface area contributed by atoms with E-state index in [1.807, 2.05) is 30.0 Å². The monoisotopic (exact) mass is 329 g/mol. The Hall–Kier alpha value is -0.540. The van der Waals surface area contributed by atoms with Crippen molar-refractivity contribution < 1.29 is 4.79 Å². The number of carbonyl (C=O) groups is 1. The molecule has 1 aliphatic heterocycles. The van der Waals surface area contributed by atoms with Crippen LogP contribution in [0.3, 0.4) is 0 Å². The van der Waals surface area contributed by atoms with Crippen LogP contribution >= 0.6 is 27.5 Å². The highest BCUT2D eigenvalue weighted by atomic mass is 79.9. The van der Waals surface area contributed by atoms with Gasteiger partial charge in [-0.25, -0.2) is 0 Å². The zero-order chi connectivity index (χ0) is 13.3. The summed E-state index contributed by atoms with van der Waals surface area (Å²) in [7, 11) is 0. The maximum absolute atomic E-state index is 12.6. The topological polar surface area (TPSA) is 20.3 Å². The summed E-state index contributed by atoms with van der Waals surface area (Å²) in [5.74, 6) is 1.08. The summed E-state index contributed by atoms with van der Waals surface area (Å²) in [6.45, 7) is 4.95. The van der Waals surface area contributed by atoms with Gasteiger partial charge >= 0.3 is 0 Å². The zero-order valence-electron chi connectivity index (χ0n) is 10.6. The van der Waals surface area contributed by atoms with Gasteiger partial charge in [-0.15, -0.1) is 11.6 Å². The third-order valence-corrected chi connectivity index (χ3v) is 5.09. The molecule has 0 spiro atoms. The molecule has 1 fully saturated rings. The lowest BCUT2D eigenvalue weighted by molar-refractivity contribution is 0.0736. The molecule has 0 saturated carbocycles. The van der Waals surface area contributed by atoms with E-state index in [4.69, 9.17) is 11.6 Å². The minimum atomic E-state index is 0.0839. The van der Waals surface area contributed by atoms with Crippen LogP contribution in [0, 0.1) is 12.8 Å². The summed E-state index contributed by atoms with van der Waals surface area (Å²) < 4.78 is 0.892. The molecule has 2 nitrogen and oxygen atoms in total. The number of amides is 1. The molecule has 1 aromatic rings. The molecule has 1 aromatic carbocycles. The first-order chi connectivity index (χ1) is 8.56. The second-order valence-corrected chi connectivity index (χ2v) is 6.02. The van der Waals surface area contributed by atoms with E-state index in [0.717, 1.165) is 28.6 Å². The standard InChI is InChI=1S/C14H17BrClNO/c1-9-6-7-17(12(9)8-16)14(18)11-5-3-4-10(2)13(11)15/h3-5,9,12H,6-8H2,1-2H3. The van der Waals surface area contributed by atoms with Gasteiger partial charge in [-0.3, -0.25) is 4.79 Å². The molecule has 1 saturated heterocycles. The molecule has 0 radical (unpaired) electrons. The molecule has 0 aliphatic carbocycles. The maximum Gasteiger partial charge on any atom is 0.255 e. The molecule has 1 amide bonds. The van der Waals surface area contributed by atoms with Crippen molar-refractivity contribution in [1.29, 1.82) is 0 Å². The molecular weight excluding hydrogens is 314 g/mol. The van der Waals surface area contributed by atoms with E-state index in [9.17, 15) is 4.79 Å². The number of nitrogens with zero attached hydrogens (tertiary/aromatic N) is 1. The van der Waals surface area contributed by atoms with Crippen LogP contribution in [-0.2, 0) is 0 Å². The van der Waals surface area contributed by atoms with Crippen molar-refractivity contribution in [3.8, 4) is 0 Å². The number of benzene rings is 1. The van der Waals surface area contributed by atoms with Gasteiger partial charge in [0.25, 0.3) is 5.91 Å². The fraction of sp³-hybridized carbons (Fsp3) is 0.500. The van der Waals surface area contributed by atoms with Gasteiger partial charge in [-0.05, 0) is 46.8 Å². The second kappa shape index (κ2) is 5.62. The number of rotatable bonds is 2. The van der Waals surface area contributed by atoms with Crippen LogP contribution in [0.5, 0.6) is 0 Å². The highest BCUT2D eigenvalue weighted by Crippen LogP contribution is 2.29. The molecule has 0 N–H and O–H groups in total. The van der Waals surface area contributed by atoms with Crippen LogP contribution in [-0.4, -0.2) is 29.3 Å². The van der Waals surface area contributed by atoms with Gasteiger partial charge in [0.2, 0.25) is 0 Å². The van der Waals surface area contributed by atoms with Crippen molar-refractivity contribution in [3.05, 3.63) is 33.8 Å². The number of carbonyl (C=O) groups excluding carboxylic acids is 1. The predicted octanol–water partition coefficient (Wildman–Crippen LogP) is 3.85. The number of likely N-dealkylation sites (tertiary alicyclic amines) is 1. The van der Waals surface area contributed by atoms with Crippen molar-refractivity contribution in [2.24, 2.45) is 5.92 Å². The summed E-state index contributed by atoms with van der Waals surface area (Å²) in [6, 6.07) is 5.94. The van der Waals surface area contributed by atoms with Crippen LogP contribution in [0.15, 0.2) is 22.7 Å². The van der Waals surface area contributed by atoms with E-state index in [0.29, 0.717) is 11.8 Å². The van der Waals surface area contributed by atoms with E-state index in [1.54, 1.807) is 0 Å². The molecule has 18 heavy (non-hydrogen) atoms. The molecular formula is C14H17BrClNO. The van der Waals surface area contributed by atoms with Crippen molar-refractivity contribution in [2.45, 2.75) is 26.3 Å². The Morgan fingerprint density at radius 1 is 1.56 bits per heavy atom. The van der Waals surface area contributed by atoms with E-state index < -0.39 is 0 Å². The first kappa shape index (κ1) is 13.9. The third-order valence-electron chi connectivity index (χ3n) is 3.72. The van der Waals surface area contributed by atoms with Crippen molar-refractivity contribution in [1.82, 2.24) is 4.90 Å².